The van der Waals surface area contributed by atoms with E-state index in [1.54, 1.807) is 12.2 Å². The van der Waals surface area contributed by atoms with Gasteiger partial charge in [-0.2, -0.15) is 0 Å². The van der Waals surface area contributed by atoms with Gasteiger partial charge in [0.1, 0.15) is 0 Å². The van der Waals surface area contributed by atoms with Crippen molar-refractivity contribution in [2.45, 2.75) is 52.6 Å². The third-order valence-electron chi connectivity index (χ3n) is 6.02. The monoisotopic (exact) mass is 480 g/mol. The first-order valence-electron chi connectivity index (χ1n) is 12.5. The van der Waals surface area contributed by atoms with Gasteiger partial charge in [-0.1, -0.05) is 100 Å². The van der Waals surface area contributed by atoms with Gasteiger partial charge in [0, 0.05) is 25.2 Å². The Hall–Kier alpha value is -3.92. The Morgan fingerprint density at radius 2 is 0.917 bits per heavy atom. The lowest BCUT2D eigenvalue weighted by Crippen LogP contribution is -2.21. The van der Waals surface area contributed by atoms with E-state index in [0.717, 1.165) is 22.3 Å². The summed E-state index contributed by atoms with van der Waals surface area (Å²) in [5.74, 6) is 0.711. The van der Waals surface area contributed by atoms with Crippen molar-refractivity contribution < 1.29 is 9.59 Å². The summed E-state index contributed by atoms with van der Waals surface area (Å²) in [6.07, 6.45) is 6.75. The Bertz CT molecular complexity index is 1090. The zero-order valence-electron chi connectivity index (χ0n) is 21.6. The average Bonchev–Trinajstić information content (AvgIpc) is 2.89. The zero-order chi connectivity index (χ0) is 25.9. The van der Waals surface area contributed by atoms with Gasteiger partial charge in [0.2, 0.25) is 11.8 Å². The molecule has 0 heterocycles. The smallest absolute Gasteiger partial charge is 0.244 e. The van der Waals surface area contributed by atoms with Gasteiger partial charge in [-0.25, -0.2) is 0 Å². The molecule has 0 unspecified atom stereocenters. The molecule has 36 heavy (non-hydrogen) atoms. The van der Waals surface area contributed by atoms with Crippen molar-refractivity contribution in [3.63, 3.8) is 0 Å². The number of benzene rings is 3. The van der Waals surface area contributed by atoms with Crippen molar-refractivity contribution in [2.24, 2.45) is 0 Å². The number of carbonyl (C=O) groups excluding carboxylic acids is 2. The lowest BCUT2D eigenvalue weighted by atomic mass is 10.0. The van der Waals surface area contributed by atoms with Gasteiger partial charge in [0.05, 0.1) is 0 Å². The highest BCUT2D eigenvalue weighted by atomic mass is 16.2. The minimum absolute atomic E-state index is 0.134. The number of nitrogens with one attached hydrogen (secondary N) is 2. The van der Waals surface area contributed by atoms with Crippen LogP contribution in [0, 0.1) is 0 Å². The fourth-order valence-corrected chi connectivity index (χ4v) is 3.60. The number of amides is 2. The van der Waals surface area contributed by atoms with Gasteiger partial charge in [-0.05, 0) is 57.4 Å². The molecule has 2 amide bonds. The fraction of sp³-hybridized carbons (Fsp3) is 0.250. The van der Waals surface area contributed by atoms with Gasteiger partial charge in [0.25, 0.3) is 0 Å². The maximum absolute atomic E-state index is 12.2. The van der Waals surface area contributed by atoms with Gasteiger partial charge in [0.15, 0.2) is 0 Å². The van der Waals surface area contributed by atoms with Gasteiger partial charge >= 0.3 is 0 Å². The molecule has 0 atom stereocenters. The quantitative estimate of drug-likeness (QED) is 0.322. The predicted molar refractivity (Wildman–Crippen MR) is 149 cm³/mol. The number of hydrogen-bond acceptors (Lipinski definition) is 2. The Labute approximate surface area is 215 Å². The maximum Gasteiger partial charge on any atom is 0.244 e. The van der Waals surface area contributed by atoms with Crippen molar-refractivity contribution in [3.05, 3.63) is 118 Å². The number of rotatable bonds is 10. The lowest BCUT2D eigenvalue weighted by Gasteiger charge is -2.06. The molecule has 0 fully saturated rings. The highest BCUT2D eigenvalue weighted by Crippen LogP contribution is 2.16. The summed E-state index contributed by atoms with van der Waals surface area (Å²) in [6, 6.07) is 24.3. The van der Waals surface area contributed by atoms with Crippen LogP contribution in [0.2, 0.25) is 0 Å². The summed E-state index contributed by atoms with van der Waals surface area (Å²) in [4.78, 5) is 24.3. The van der Waals surface area contributed by atoms with E-state index >= 15 is 0 Å². The second-order valence-electron chi connectivity index (χ2n) is 9.56. The molecule has 0 radical (unpaired) electrons. The van der Waals surface area contributed by atoms with Crippen LogP contribution in [0.5, 0.6) is 0 Å². The third kappa shape index (κ3) is 8.70. The van der Waals surface area contributed by atoms with Crippen LogP contribution in [0.15, 0.2) is 84.9 Å². The molecule has 0 spiro atoms. The molecular weight excluding hydrogens is 444 g/mol. The van der Waals surface area contributed by atoms with E-state index in [9.17, 15) is 9.59 Å². The van der Waals surface area contributed by atoms with E-state index < -0.39 is 0 Å². The second kappa shape index (κ2) is 13.2. The molecule has 0 aliphatic heterocycles. The fourth-order valence-electron chi connectivity index (χ4n) is 3.60. The maximum atomic E-state index is 12.2. The number of hydrogen-bond donors (Lipinski definition) is 2. The minimum Gasteiger partial charge on any atom is -0.348 e. The zero-order valence-corrected chi connectivity index (χ0v) is 21.6. The number of carbonyl (C=O) groups is 2. The van der Waals surface area contributed by atoms with E-state index in [0.29, 0.717) is 24.9 Å². The largest absolute Gasteiger partial charge is 0.348 e. The minimum atomic E-state index is -0.134. The van der Waals surface area contributed by atoms with Crippen LogP contribution in [-0.2, 0) is 22.7 Å². The highest BCUT2D eigenvalue weighted by Gasteiger charge is 2.02. The molecule has 3 rings (SSSR count). The van der Waals surface area contributed by atoms with E-state index in [2.05, 4.69) is 62.6 Å². The van der Waals surface area contributed by atoms with Crippen LogP contribution >= 0.6 is 0 Å². The lowest BCUT2D eigenvalue weighted by molar-refractivity contribution is -0.117. The molecule has 0 aliphatic carbocycles. The van der Waals surface area contributed by atoms with Gasteiger partial charge in [-0.15, -0.1) is 0 Å². The van der Waals surface area contributed by atoms with Crippen molar-refractivity contribution in [2.75, 3.05) is 0 Å². The summed E-state index contributed by atoms with van der Waals surface area (Å²) in [5.41, 5.74) is 6.56. The first kappa shape index (κ1) is 26.7. The summed E-state index contributed by atoms with van der Waals surface area (Å²) in [5, 5.41) is 5.81. The Morgan fingerprint density at radius 3 is 1.22 bits per heavy atom. The SMILES string of the molecule is CC(C)c1ccc(C=CC(=O)NCc2ccc(CNC(=O)C=Cc3ccc(C(C)C)cc3)cc2)cc1. The molecule has 0 saturated carbocycles. The van der Waals surface area contributed by atoms with Crippen molar-refractivity contribution >= 4 is 24.0 Å². The van der Waals surface area contributed by atoms with Crippen LogP contribution in [0.25, 0.3) is 12.2 Å². The van der Waals surface area contributed by atoms with Crippen LogP contribution in [-0.4, -0.2) is 11.8 Å². The molecule has 3 aromatic carbocycles. The third-order valence-corrected chi connectivity index (χ3v) is 6.02. The second-order valence-corrected chi connectivity index (χ2v) is 9.56. The highest BCUT2D eigenvalue weighted by molar-refractivity contribution is 5.92. The van der Waals surface area contributed by atoms with Gasteiger partial charge < -0.3 is 10.6 Å². The average molecular weight is 481 g/mol. The van der Waals surface area contributed by atoms with Crippen molar-refractivity contribution in [1.29, 1.82) is 0 Å². The molecule has 4 nitrogen and oxygen atoms in total. The first-order valence-corrected chi connectivity index (χ1v) is 12.5. The first-order chi connectivity index (χ1) is 17.3. The molecule has 4 heteroatoms. The standard InChI is InChI=1S/C32H36N2O2/c1-23(2)29-15-9-25(10-16-29)13-19-31(35)33-21-27-5-7-28(8-6-27)22-34-32(36)20-14-26-11-17-30(18-12-26)24(3)4/h5-20,23-24H,21-22H2,1-4H3,(H,33,35)(H,34,36). The molecule has 2 N–H and O–H groups in total. The summed E-state index contributed by atoms with van der Waals surface area (Å²) in [6.45, 7) is 9.53. The van der Waals surface area contributed by atoms with E-state index in [1.165, 1.54) is 11.1 Å². The Balaban J connectivity index is 1.41. The van der Waals surface area contributed by atoms with E-state index in [-0.39, 0.29) is 11.8 Å². The molecule has 0 aliphatic rings. The Kier molecular flexibility index (Phi) is 9.82. The van der Waals surface area contributed by atoms with E-state index in [1.807, 2.05) is 60.7 Å². The topological polar surface area (TPSA) is 58.2 Å². The summed E-state index contributed by atoms with van der Waals surface area (Å²) < 4.78 is 0. The summed E-state index contributed by atoms with van der Waals surface area (Å²) in [7, 11) is 0. The molecule has 0 saturated heterocycles. The predicted octanol–water partition coefficient (Wildman–Crippen LogP) is 6.59. The van der Waals surface area contributed by atoms with Crippen LogP contribution in [0.1, 0.15) is 72.9 Å². The normalized spacial score (nSPS) is 11.5. The van der Waals surface area contributed by atoms with Crippen LogP contribution in [0.3, 0.4) is 0 Å². The van der Waals surface area contributed by atoms with Crippen LogP contribution < -0.4 is 10.6 Å². The Morgan fingerprint density at radius 1 is 0.583 bits per heavy atom. The molecule has 0 bridgehead atoms. The molecule has 3 aromatic rings. The van der Waals surface area contributed by atoms with Crippen molar-refractivity contribution in [1.82, 2.24) is 10.6 Å². The van der Waals surface area contributed by atoms with Gasteiger partial charge in [-0.3, -0.25) is 9.59 Å². The molecule has 186 valence electrons. The van der Waals surface area contributed by atoms with Crippen LogP contribution in [0.4, 0.5) is 0 Å². The molecule has 0 aromatic heterocycles. The van der Waals surface area contributed by atoms with Crippen molar-refractivity contribution in [3.8, 4) is 0 Å². The van der Waals surface area contributed by atoms with E-state index in [4.69, 9.17) is 0 Å². The summed E-state index contributed by atoms with van der Waals surface area (Å²) >= 11 is 0. The molecular formula is C32H36N2O2.